The monoisotopic (exact) mass is 290 g/mol. The Morgan fingerprint density at radius 3 is 2.67 bits per heavy atom. The maximum Gasteiger partial charge on any atom is 0.241 e. The number of amides is 1. The minimum Gasteiger partial charge on any atom is -0.351 e. The van der Waals surface area contributed by atoms with Gasteiger partial charge < -0.3 is 15.4 Å². The van der Waals surface area contributed by atoms with Gasteiger partial charge in [-0.2, -0.15) is 0 Å². The van der Waals surface area contributed by atoms with Gasteiger partial charge in [-0.25, -0.2) is 0 Å². The summed E-state index contributed by atoms with van der Waals surface area (Å²) < 4.78 is 6.09. The molecule has 0 bridgehead atoms. The van der Waals surface area contributed by atoms with E-state index in [4.69, 9.17) is 10.5 Å². The Bertz CT molecular complexity index is 475. The van der Waals surface area contributed by atoms with Gasteiger partial charge in [0, 0.05) is 6.54 Å². The van der Waals surface area contributed by atoms with Gasteiger partial charge in [0.2, 0.25) is 5.91 Å². The average molecular weight is 290 g/mol. The Labute approximate surface area is 127 Å². The van der Waals surface area contributed by atoms with Crippen LogP contribution >= 0.6 is 0 Å². The van der Waals surface area contributed by atoms with E-state index in [0.29, 0.717) is 6.61 Å². The summed E-state index contributed by atoms with van der Waals surface area (Å²) in [5.41, 5.74) is 6.60. The van der Waals surface area contributed by atoms with E-state index < -0.39 is 11.8 Å². The highest BCUT2D eigenvalue weighted by atomic mass is 16.5. The third-order valence-electron chi connectivity index (χ3n) is 4.26. The van der Waals surface area contributed by atoms with Gasteiger partial charge >= 0.3 is 0 Å². The summed E-state index contributed by atoms with van der Waals surface area (Å²) in [6, 6.07) is 9.58. The fourth-order valence-corrected chi connectivity index (χ4v) is 2.71. The number of nitrogens with zero attached hydrogens (tertiary/aromatic N) is 1. The SMILES string of the molecule is CC(C)[C@H](N)C(=O)N1CCC[C@@]1(C)OCc1ccccc1. The predicted octanol–water partition coefficient (Wildman–Crippen LogP) is 2.53. The van der Waals surface area contributed by atoms with Gasteiger partial charge in [0.1, 0.15) is 5.72 Å². The number of hydrogen-bond donors (Lipinski definition) is 1. The van der Waals surface area contributed by atoms with Crippen LogP contribution in [0.15, 0.2) is 30.3 Å². The van der Waals surface area contributed by atoms with E-state index in [1.54, 1.807) is 0 Å². The van der Waals surface area contributed by atoms with Crippen LogP contribution in [0.5, 0.6) is 0 Å². The lowest BCUT2D eigenvalue weighted by Crippen LogP contribution is -2.54. The molecule has 0 aliphatic carbocycles. The minimum absolute atomic E-state index is 0.00179. The highest BCUT2D eigenvalue weighted by molar-refractivity contribution is 5.82. The number of rotatable bonds is 5. The molecule has 21 heavy (non-hydrogen) atoms. The van der Waals surface area contributed by atoms with Crippen LogP contribution in [0.4, 0.5) is 0 Å². The third kappa shape index (κ3) is 3.63. The number of hydrogen-bond acceptors (Lipinski definition) is 3. The smallest absolute Gasteiger partial charge is 0.241 e. The van der Waals surface area contributed by atoms with Gasteiger partial charge in [0.25, 0.3) is 0 Å². The lowest BCUT2D eigenvalue weighted by Gasteiger charge is -2.37. The van der Waals surface area contributed by atoms with Crippen LogP contribution < -0.4 is 5.73 Å². The quantitative estimate of drug-likeness (QED) is 0.906. The van der Waals surface area contributed by atoms with Crippen molar-refractivity contribution in [3.05, 3.63) is 35.9 Å². The molecule has 1 aromatic rings. The van der Waals surface area contributed by atoms with Crippen molar-refractivity contribution in [1.29, 1.82) is 0 Å². The molecule has 2 atom stereocenters. The Kier molecular flexibility index (Phi) is 5.01. The number of carbonyl (C=O) groups excluding carboxylic acids is 1. The predicted molar refractivity (Wildman–Crippen MR) is 83.4 cm³/mol. The van der Waals surface area contributed by atoms with E-state index in [2.05, 4.69) is 0 Å². The van der Waals surface area contributed by atoms with Crippen LogP contribution in [-0.4, -0.2) is 29.1 Å². The highest BCUT2D eigenvalue weighted by Gasteiger charge is 2.42. The molecule has 1 aliphatic rings. The molecular formula is C17H26N2O2. The van der Waals surface area contributed by atoms with Crippen molar-refractivity contribution in [3.63, 3.8) is 0 Å². The van der Waals surface area contributed by atoms with E-state index in [1.165, 1.54) is 0 Å². The van der Waals surface area contributed by atoms with Crippen molar-refractivity contribution in [2.75, 3.05) is 6.54 Å². The second kappa shape index (κ2) is 6.58. The van der Waals surface area contributed by atoms with Crippen LogP contribution in [0, 0.1) is 5.92 Å². The Balaban J connectivity index is 2.04. The molecule has 4 heteroatoms. The molecule has 0 saturated carbocycles. The van der Waals surface area contributed by atoms with Crippen LogP contribution in [0.3, 0.4) is 0 Å². The number of ether oxygens (including phenoxy) is 1. The molecule has 4 nitrogen and oxygen atoms in total. The first-order valence-corrected chi connectivity index (χ1v) is 7.69. The van der Waals surface area contributed by atoms with E-state index in [-0.39, 0.29) is 11.8 Å². The van der Waals surface area contributed by atoms with Gasteiger partial charge in [-0.1, -0.05) is 44.2 Å². The largest absolute Gasteiger partial charge is 0.351 e. The lowest BCUT2D eigenvalue weighted by molar-refractivity contribution is -0.166. The van der Waals surface area contributed by atoms with Crippen LogP contribution in [-0.2, 0) is 16.1 Å². The molecule has 1 heterocycles. The first-order valence-electron chi connectivity index (χ1n) is 7.69. The number of carbonyl (C=O) groups is 1. The molecule has 1 fully saturated rings. The zero-order valence-corrected chi connectivity index (χ0v) is 13.2. The van der Waals surface area contributed by atoms with Gasteiger partial charge in [0.15, 0.2) is 0 Å². The molecular weight excluding hydrogens is 264 g/mol. The van der Waals surface area contributed by atoms with Crippen molar-refractivity contribution < 1.29 is 9.53 Å². The summed E-state index contributed by atoms with van der Waals surface area (Å²) in [6.07, 6.45) is 1.82. The second-order valence-electron chi connectivity index (χ2n) is 6.31. The van der Waals surface area contributed by atoms with Gasteiger partial charge in [-0.05, 0) is 31.2 Å². The van der Waals surface area contributed by atoms with Crippen LogP contribution in [0.25, 0.3) is 0 Å². The summed E-state index contributed by atoms with van der Waals surface area (Å²) >= 11 is 0. The second-order valence-corrected chi connectivity index (χ2v) is 6.31. The Hall–Kier alpha value is -1.39. The minimum atomic E-state index is -0.542. The molecule has 1 saturated heterocycles. The number of benzene rings is 1. The Morgan fingerprint density at radius 1 is 1.38 bits per heavy atom. The van der Waals surface area contributed by atoms with E-state index in [1.807, 2.05) is 56.0 Å². The third-order valence-corrected chi connectivity index (χ3v) is 4.26. The summed E-state index contributed by atoms with van der Waals surface area (Å²) in [4.78, 5) is 14.4. The topological polar surface area (TPSA) is 55.6 Å². The average Bonchev–Trinajstić information content (AvgIpc) is 2.87. The highest BCUT2D eigenvalue weighted by Crippen LogP contribution is 2.32. The van der Waals surface area contributed by atoms with E-state index in [9.17, 15) is 4.79 Å². The van der Waals surface area contributed by atoms with Gasteiger partial charge in [-0.3, -0.25) is 4.79 Å². The zero-order valence-electron chi connectivity index (χ0n) is 13.2. The zero-order chi connectivity index (χ0) is 15.5. The van der Waals surface area contributed by atoms with Crippen LogP contribution in [0.1, 0.15) is 39.2 Å². The standard InChI is InChI=1S/C17H26N2O2/c1-13(2)15(18)16(20)19-11-7-10-17(19,3)21-12-14-8-5-4-6-9-14/h4-6,8-9,13,15H,7,10-12,18H2,1-3H3/t15-,17+/m0/s1. The summed E-state index contributed by atoms with van der Waals surface area (Å²) in [6.45, 7) is 7.18. The van der Waals surface area contributed by atoms with E-state index >= 15 is 0 Å². The molecule has 2 rings (SSSR count). The number of nitrogens with two attached hydrogens (primary N) is 1. The summed E-state index contributed by atoms with van der Waals surface area (Å²) in [7, 11) is 0. The van der Waals surface area contributed by atoms with Crippen molar-refractivity contribution in [3.8, 4) is 0 Å². The molecule has 1 aliphatic heterocycles. The number of likely N-dealkylation sites (tertiary alicyclic amines) is 1. The van der Waals surface area contributed by atoms with E-state index in [0.717, 1.165) is 24.9 Å². The fourth-order valence-electron chi connectivity index (χ4n) is 2.71. The molecule has 0 aromatic heterocycles. The molecule has 0 spiro atoms. The van der Waals surface area contributed by atoms with Gasteiger partial charge in [0.05, 0.1) is 12.6 Å². The molecule has 0 radical (unpaired) electrons. The first kappa shape index (κ1) is 16.0. The van der Waals surface area contributed by atoms with Crippen LogP contribution in [0.2, 0.25) is 0 Å². The molecule has 1 amide bonds. The normalized spacial score (nSPS) is 23.6. The van der Waals surface area contributed by atoms with Crippen molar-refractivity contribution in [2.45, 2.75) is 52.0 Å². The molecule has 2 N–H and O–H groups in total. The first-order chi connectivity index (χ1) is 9.94. The maximum atomic E-state index is 12.5. The molecule has 1 aromatic carbocycles. The lowest BCUT2D eigenvalue weighted by atomic mass is 10.0. The van der Waals surface area contributed by atoms with Crippen molar-refractivity contribution >= 4 is 5.91 Å². The van der Waals surface area contributed by atoms with Crippen molar-refractivity contribution in [2.24, 2.45) is 11.7 Å². The maximum absolute atomic E-state index is 12.5. The molecule has 0 unspecified atom stereocenters. The summed E-state index contributed by atoms with van der Waals surface area (Å²) in [5, 5.41) is 0. The van der Waals surface area contributed by atoms with Gasteiger partial charge in [-0.15, -0.1) is 0 Å². The fraction of sp³-hybridized carbons (Fsp3) is 0.588. The molecule has 116 valence electrons. The van der Waals surface area contributed by atoms with Crippen molar-refractivity contribution in [1.82, 2.24) is 4.90 Å². The summed E-state index contributed by atoms with van der Waals surface area (Å²) in [5.74, 6) is 0.134. The Morgan fingerprint density at radius 2 is 2.05 bits per heavy atom.